The molecular formula is C24H42N2O5. The maximum atomic E-state index is 13.3. The van der Waals surface area contributed by atoms with Crippen molar-refractivity contribution in [3.8, 4) is 0 Å². The van der Waals surface area contributed by atoms with E-state index in [0.29, 0.717) is 12.3 Å². The smallest absolute Gasteiger partial charge is 0.408 e. The number of alkyl carbamates (subject to hydrolysis) is 1. The second-order valence-electron chi connectivity index (χ2n) is 10.5. The third-order valence-corrected chi connectivity index (χ3v) is 6.51. The molecule has 2 amide bonds. The summed E-state index contributed by atoms with van der Waals surface area (Å²) in [6.07, 6.45) is 7.21. The van der Waals surface area contributed by atoms with Crippen LogP contribution in [0.5, 0.6) is 0 Å². The lowest BCUT2D eigenvalue weighted by atomic mass is 9.83. The average molecular weight is 439 g/mol. The number of carbonyl (C=O) groups is 3. The molecule has 7 heteroatoms. The highest BCUT2D eigenvalue weighted by molar-refractivity contribution is 5.86. The van der Waals surface area contributed by atoms with E-state index in [-0.39, 0.29) is 35.9 Å². The summed E-state index contributed by atoms with van der Waals surface area (Å²) in [5.74, 6) is -0.127. The monoisotopic (exact) mass is 438 g/mol. The molecular weight excluding hydrogens is 396 g/mol. The molecule has 1 aliphatic carbocycles. The van der Waals surface area contributed by atoms with Crippen molar-refractivity contribution < 1.29 is 23.9 Å². The van der Waals surface area contributed by atoms with Gasteiger partial charge in [-0.05, 0) is 45.4 Å². The fourth-order valence-electron chi connectivity index (χ4n) is 4.50. The van der Waals surface area contributed by atoms with E-state index >= 15 is 0 Å². The average Bonchev–Trinajstić information content (AvgIpc) is 3.03. The Bertz CT molecular complexity index is 624. The van der Waals surface area contributed by atoms with Gasteiger partial charge in [0.2, 0.25) is 5.91 Å². The van der Waals surface area contributed by atoms with Crippen molar-refractivity contribution in [3.63, 3.8) is 0 Å². The van der Waals surface area contributed by atoms with Crippen LogP contribution in [0.15, 0.2) is 0 Å². The molecule has 2 rings (SSSR count). The third-order valence-electron chi connectivity index (χ3n) is 6.51. The molecule has 2 aliphatic rings. The molecule has 1 saturated carbocycles. The number of hydrogen-bond donors (Lipinski definition) is 2. The van der Waals surface area contributed by atoms with E-state index in [1.807, 2.05) is 20.8 Å². The molecule has 0 bridgehead atoms. The van der Waals surface area contributed by atoms with Crippen LogP contribution in [0.25, 0.3) is 0 Å². The second-order valence-corrected chi connectivity index (χ2v) is 10.5. The largest absolute Gasteiger partial charge is 0.460 e. The Morgan fingerprint density at radius 2 is 1.81 bits per heavy atom. The predicted octanol–water partition coefficient (Wildman–Crippen LogP) is 4.33. The fourth-order valence-corrected chi connectivity index (χ4v) is 4.50. The second kappa shape index (κ2) is 11.2. The van der Waals surface area contributed by atoms with Gasteiger partial charge in [0, 0.05) is 0 Å². The summed E-state index contributed by atoms with van der Waals surface area (Å²) < 4.78 is 11.0. The molecule has 0 aromatic carbocycles. The third kappa shape index (κ3) is 8.00. The van der Waals surface area contributed by atoms with Crippen LogP contribution < -0.4 is 10.6 Å². The maximum Gasteiger partial charge on any atom is 0.408 e. The number of nitrogens with one attached hydrogen (secondary N) is 2. The van der Waals surface area contributed by atoms with Crippen LogP contribution in [0.2, 0.25) is 0 Å². The van der Waals surface area contributed by atoms with Gasteiger partial charge in [-0.25, -0.2) is 4.79 Å². The number of amides is 2. The summed E-state index contributed by atoms with van der Waals surface area (Å²) in [7, 11) is 0. The van der Waals surface area contributed by atoms with Crippen molar-refractivity contribution >= 4 is 18.0 Å². The SMILES string of the molecule is CC[C@H](C)[C@H](NC(=O)OC(C)(C)C)C(=O)N[C@@H](CC1CCCCC1)[C@@H]1C[C@@H](C)C(=O)O1. The van der Waals surface area contributed by atoms with Gasteiger partial charge in [-0.15, -0.1) is 0 Å². The summed E-state index contributed by atoms with van der Waals surface area (Å²) in [6.45, 7) is 11.2. The van der Waals surface area contributed by atoms with Crippen LogP contribution >= 0.6 is 0 Å². The van der Waals surface area contributed by atoms with E-state index in [2.05, 4.69) is 10.6 Å². The molecule has 2 fully saturated rings. The van der Waals surface area contributed by atoms with Crippen LogP contribution in [-0.4, -0.2) is 41.8 Å². The van der Waals surface area contributed by atoms with E-state index in [4.69, 9.17) is 9.47 Å². The van der Waals surface area contributed by atoms with E-state index in [1.54, 1.807) is 20.8 Å². The van der Waals surface area contributed by atoms with Crippen LogP contribution in [-0.2, 0) is 19.1 Å². The minimum absolute atomic E-state index is 0.0621. The fraction of sp³-hybridized carbons (Fsp3) is 0.875. The number of ether oxygens (including phenoxy) is 2. The normalized spacial score (nSPS) is 25.3. The number of rotatable bonds is 8. The highest BCUT2D eigenvalue weighted by Crippen LogP contribution is 2.32. The van der Waals surface area contributed by atoms with E-state index < -0.39 is 17.7 Å². The van der Waals surface area contributed by atoms with Gasteiger partial charge in [-0.3, -0.25) is 9.59 Å². The lowest BCUT2D eigenvalue weighted by molar-refractivity contribution is -0.146. The van der Waals surface area contributed by atoms with Crippen molar-refractivity contribution in [3.05, 3.63) is 0 Å². The van der Waals surface area contributed by atoms with Crippen LogP contribution in [0.4, 0.5) is 4.79 Å². The summed E-state index contributed by atoms with van der Waals surface area (Å²) in [6, 6.07) is -0.945. The minimum atomic E-state index is -0.705. The molecule has 1 aliphatic heterocycles. The first-order valence-electron chi connectivity index (χ1n) is 12.0. The number of esters is 1. The highest BCUT2D eigenvalue weighted by Gasteiger charge is 2.39. The molecule has 7 nitrogen and oxygen atoms in total. The molecule has 0 aromatic rings. The Hall–Kier alpha value is -1.79. The molecule has 0 spiro atoms. The summed E-state index contributed by atoms with van der Waals surface area (Å²) in [5, 5.41) is 5.90. The number of hydrogen-bond acceptors (Lipinski definition) is 5. The van der Waals surface area contributed by atoms with Gasteiger partial charge in [0.05, 0.1) is 12.0 Å². The molecule has 31 heavy (non-hydrogen) atoms. The zero-order valence-electron chi connectivity index (χ0n) is 20.2. The quantitative estimate of drug-likeness (QED) is 0.550. The topological polar surface area (TPSA) is 93.7 Å². The van der Waals surface area contributed by atoms with Gasteiger partial charge in [0.25, 0.3) is 0 Å². The first-order chi connectivity index (χ1) is 14.5. The molecule has 5 atom stereocenters. The zero-order valence-corrected chi connectivity index (χ0v) is 20.2. The summed E-state index contributed by atoms with van der Waals surface area (Å²) >= 11 is 0. The Morgan fingerprint density at radius 1 is 1.16 bits per heavy atom. The number of cyclic esters (lactones) is 1. The minimum Gasteiger partial charge on any atom is -0.460 e. The van der Waals surface area contributed by atoms with Gasteiger partial charge >= 0.3 is 12.1 Å². The van der Waals surface area contributed by atoms with E-state index in [0.717, 1.165) is 25.7 Å². The van der Waals surface area contributed by atoms with Crippen molar-refractivity contribution in [2.75, 3.05) is 0 Å². The Kier molecular flexibility index (Phi) is 9.19. The molecule has 178 valence electrons. The first-order valence-corrected chi connectivity index (χ1v) is 12.0. The van der Waals surface area contributed by atoms with Crippen LogP contribution in [0.3, 0.4) is 0 Å². The van der Waals surface area contributed by atoms with Gasteiger partial charge in [0.1, 0.15) is 17.7 Å². The van der Waals surface area contributed by atoms with Crippen molar-refractivity contribution in [1.29, 1.82) is 0 Å². The van der Waals surface area contributed by atoms with Gasteiger partial charge in [-0.1, -0.05) is 59.3 Å². The molecule has 1 heterocycles. The molecule has 0 aromatic heterocycles. The van der Waals surface area contributed by atoms with Crippen LogP contribution in [0, 0.1) is 17.8 Å². The summed E-state index contributed by atoms with van der Waals surface area (Å²) in [5.41, 5.74) is -0.641. The lowest BCUT2D eigenvalue weighted by Gasteiger charge is -2.32. The highest BCUT2D eigenvalue weighted by atomic mass is 16.6. The number of carbonyl (C=O) groups excluding carboxylic acids is 3. The van der Waals surface area contributed by atoms with Gasteiger partial charge < -0.3 is 20.1 Å². The van der Waals surface area contributed by atoms with Gasteiger partial charge in [0.15, 0.2) is 0 Å². The van der Waals surface area contributed by atoms with Crippen LogP contribution in [0.1, 0.15) is 92.9 Å². The first kappa shape index (κ1) is 25.5. The van der Waals surface area contributed by atoms with E-state index in [1.165, 1.54) is 19.3 Å². The molecule has 0 radical (unpaired) electrons. The summed E-state index contributed by atoms with van der Waals surface area (Å²) in [4.78, 5) is 37.7. The standard InChI is InChI=1S/C24H42N2O5/c1-7-15(2)20(26-23(29)31-24(4,5)6)21(27)25-18(14-17-11-9-8-10-12-17)19-13-16(3)22(28)30-19/h15-20H,7-14H2,1-6H3,(H,25,27)(H,26,29)/t15-,16+,18-,19-,20-/m0/s1. The Balaban J connectivity index is 2.11. The molecule has 1 saturated heterocycles. The molecule has 0 unspecified atom stereocenters. The lowest BCUT2D eigenvalue weighted by Crippen LogP contribution is -2.55. The van der Waals surface area contributed by atoms with Gasteiger partial charge in [-0.2, -0.15) is 0 Å². The Morgan fingerprint density at radius 3 is 2.32 bits per heavy atom. The Labute approximate surface area is 187 Å². The van der Waals surface area contributed by atoms with Crippen molar-refractivity contribution in [2.24, 2.45) is 17.8 Å². The maximum absolute atomic E-state index is 13.3. The van der Waals surface area contributed by atoms with E-state index in [9.17, 15) is 14.4 Å². The van der Waals surface area contributed by atoms with Crippen molar-refractivity contribution in [1.82, 2.24) is 10.6 Å². The zero-order chi connectivity index (χ0) is 23.2. The predicted molar refractivity (Wildman–Crippen MR) is 119 cm³/mol. The van der Waals surface area contributed by atoms with Crippen molar-refractivity contribution in [2.45, 2.75) is 117 Å². The molecule has 2 N–H and O–H groups in total.